The van der Waals surface area contributed by atoms with Crippen molar-refractivity contribution in [2.24, 2.45) is 0 Å². The van der Waals surface area contributed by atoms with E-state index in [9.17, 15) is 4.79 Å². The van der Waals surface area contributed by atoms with Crippen LogP contribution in [0.4, 0.5) is 0 Å². The first-order valence-electron chi connectivity index (χ1n) is 4.11. The summed E-state index contributed by atoms with van der Waals surface area (Å²) in [5, 5.41) is 0. The van der Waals surface area contributed by atoms with Gasteiger partial charge in [-0.15, -0.1) is 0 Å². The number of methoxy groups -OCH3 is 1. The quantitative estimate of drug-likeness (QED) is 0.389. The van der Waals surface area contributed by atoms with Gasteiger partial charge in [0.2, 0.25) is 6.41 Å². The molecule has 0 saturated heterocycles. The molecule has 0 aromatic rings. The first-order valence-corrected chi connectivity index (χ1v) is 4.11. The van der Waals surface area contributed by atoms with Crippen molar-refractivity contribution in [3.63, 3.8) is 0 Å². The lowest BCUT2D eigenvalue weighted by molar-refractivity contribution is -0.119. The maximum atomic E-state index is 10.4. The van der Waals surface area contributed by atoms with Gasteiger partial charge in [-0.25, -0.2) is 0 Å². The van der Waals surface area contributed by atoms with Crippen LogP contribution in [-0.2, 0) is 14.3 Å². The highest BCUT2D eigenvalue weighted by Crippen LogP contribution is 1.84. The molecule has 0 rings (SSSR count). The van der Waals surface area contributed by atoms with Crippen molar-refractivity contribution in [3.8, 4) is 0 Å². The van der Waals surface area contributed by atoms with E-state index in [1.54, 1.807) is 12.0 Å². The highest BCUT2D eigenvalue weighted by atomic mass is 16.5. The number of hydrogen-bond acceptors (Lipinski definition) is 3. The first-order chi connectivity index (χ1) is 5.85. The van der Waals surface area contributed by atoms with Gasteiger partial charge in [-0.3, -0.25) is 4.79 Å². The minimum atomic E-state index is 0.574. The van der Waals surface area contributed by atoms with Gasteiger partial charge in [0.25, 0.3) is 0 Å². The summed E-state index contributed by atoms with van der Waals surface area (Å²) >= 11 is 0. The zero-order valence-corrected chi connectivity index (χ0v) is 7.78. The fourth-order valence-electron chi connectivity index (χ4n) is 0.752. The molecule has 0 unspecified atom stereocenters. The lowest BCUT2D eigenvalue weighted by Gasteiger charge is -2.15. The SMILES string of the molecule is CCOCCN(C=O)CCOC. The van der Waals surface area contributed by atoms with Crippen LogP contribution in [0.2, 0.25) is 0 Å². The second-order valence-electron chi connectivity index (χ2n) is 2.33. The monoisotopic (exact) mass is 175 g/mol. The Bertz CT molecular complexity index is 108. The van der Waals surface area contributed by atoms with Gasteiger partial charge in [0.05, 0.1) is 13.2 Å². The van der Waals surface area contributed by atoms with Crippen molar-refractivity contribution in [1.82, 2.24) is 4.90 Å². The van der Waals surface area contributed by atoms with Gasteiger partial charge in [-0.05, 0) is 6.92 Å². The van der Waals surface area contributed by atoms with E-state index in [1.165, 1.54) is 0 Å². The third-order valence-corrected chi connectivity index (χ3v) is 1.46. The van der Waals surface area contributed by atoms with Crippen molar-refractivity contribution < 1.29 is 14.3 Å². The molecule has 0 radical (unpaired) electrons. The van der Waals surface area contributed by atoms with Crippen molar-refractivity contribution in [2.75, 3.05) is 40.0 Å². The molecule has 4 nitrogen and oxygen atoms in total. The zero-order chi connectivity index (χ0) is 9.23. The largest absolute Gasteiger partial charge is 0.383 e. The molecule has 0 aliphatic rings. The minimum absolute atomic E-state index is 0.574. The highest BCUT2D eigenvalue weighted by molar-refractivity contribution is 5.46. The second-order valence-corrected chi connectivity index (χ2v) is 2.33. The fourth-order valence-corrected chi connectivity index (χ4v) is 0.752. The molecule has 1 amide bonds. The Labute approximate surface area is 73.4 Å². The number of amides is 1. The van der Waals surface area contributed by atoms with Crippen LogP contribution in [0, 0.1) is 0 Å². The van der Waals surface area contributed by atoms with E-state index in [4.69, 9.17) is 9.47 Å². The molecule has 4 heteroatoms. The van der Waals surface area contributed by atoms with Crippen LogP contribution in [0.25, 0.3) is 0 Å². The van der Waals surface area contributed by atoms with E-state index in [2.05, 4.69) is 0 Å². The van der Waals surface area contributed by atoms with Gasteiger partial charge in [0, 0.05) is 26.8 Å². The third-order valence-electron chi connectivity index (χ3n) is 1.46. The van der Waals surface area contributed by atoms with Crippen molar-refractivity contribution in [2.45, 2.75) is 6.92 Å². The average Bonchev–Trinajstić information content (AvgIpc) is 2.11. The first kappa shape index (κ1) is 11.4. The Morgan fingerprint density at radius 1 is 1.33 bits per heavy atom. The van der Waals surface area contributed by atoms with E-state index >= 15 is 0 Å². The molecule has 0 bridgehead atoms. The average molecular weight is 175 g/mol. The zero-order valence-electron chi connectivity index (χ0n) is 7.78. The molecule has 0 aromatic heterocycles. The number of carbonyl (C=O) groups is 1. The van der Waals surface area contributed by atoms with Crippen LogP contribution in [-0.4, -0.2) is 51.3 Å². The van der Waals surface area contributed by atoms with Crippen molar-refractivity contribution >= 4 is 6.41 Å². The molecule has 12 heavy (non-hydrogen) atoms. The van der Waals surface area contributed by atoms with Gasteiger partial charge < -0.3 is 14.4 Å². The van der Waals surface area contributed by atoms with Crippen LogP contribution in [0.15, 0.2) is 0 Å². The Hall–Kier alpha value is -0.610. The maximum Gasteiger partial charge on any atom is 0.209 e. The van der Waals surface area contributed by atoms with Crippen molar-refractivity contribution in [3.05, 3.63) is 0 Å². The summed E-state index contributed by atoms with van der Waals surface area (Å²) in [4.78, 5) is 12.1. The molecule has 0 aliphatic heterocycles. The standard InChI is InChI=1S/C8H17NO3/c1-3-12-7-5-9(8-10)4-6-11-2/h8H,3-7H2,1-2H3. The highest BCUT2D eigenvalue weighted by Gasteiger charge is 1.99. The summed E-state index contributed by atoms with van der Waals surface area (Å²) < 4.78 is 9.94. The molecule has 72 valence electrons. The lowest BCUT2D eigenvalue weighted by atomic mass is 10.5. The topological polar surface area (TPSA) is 38.8 Å². The molecular formula is C8H17NO3. The molecule has 0 atom stereocenters. The van der Waals surface area contributed by atoms with E-state index in [1.807, 2.05) is 6.92 Å². The Morgan fingerprint density at radius 3 is 2.50 bits per heavy atom. The number of rotatable bonds is 8. The molecule has 0 aliphatic carbocycles. The van der Waals surface area contributed by atoms with Crippen LogP contribution < -0.4 is 0 Å². The molecule has 0 fully saturated rings. The lowest BCUT2D eigenvalue weighted by Crippen LogP contribution is -2.29. The summed E-state index contributed by atoms with van der Waals surface area (Å²) in [6, 6.07) is 0. The fraction of sp³-hybridized carbons (Fsp3) is 0.875. The third kappa shape index (κ3) is 6.12. The molecule has 0 heterocycles. The summed E-state index contributed by atoms with van der Waals surface area (Å²) in [5.74, 6) is 0. The normalized spacial score (nSPS) is 9.83. The summed E-state index contributed by atoms with van der Waals surface area (Å²) in [6.45, 7) is 5.06. The van der Waals surface area contributed by atoms with E-state index in [-0.39, 0.29) is 0 Å². The second kappa shape index (κ2) is 8.49. The maximum absolute atomic E-state index is 10.4. The number of carbonyl (C=O) groups excluding carboxylic acids is 1. The Balaban J connectivity index is 3.32. The Kier molecular flexibility index (Phi) is 8.05. The number of hydrogen-bond donors (Lipinski definition) is 0. The molecule has 0 spiro atoms. The van der Waals surface area contributed by atoms with E-state index in [0.717, 1.165) is 6.41 Å². The van der Waals surface area contributed by atoms with Crippen LogP contribution in [0.1, 0.15) is 6.92 Å². The summed E-state index contributed by atoms with van der Waals surface area (Å²) in [5.41, 5.74) is 0. The number of ether oxygens (including phenoxy) is 2. The molecular weight excluding hydrogens is 158 g/mol. The summed E-state index contributed by atoms with van der Waals surface area (Å²) in [6.07, 6.45) is 0.817. The summed E-state index contributed by atoms with van der Waals surface area (Å²) in [7, 11) is 1.62. The smallest absolute Gasteiger partial charge is 0.209 e. The van der Waals surface area contributed by atoms with Gasteiger partial charge in [-0.2, -0.15) is 0 Å². The van der Waals surface area contributed by atoms with Gasteiger partial charge in [0.1, 0.15) is 0 Å². The van der Waals surface area contributed by atoms with E-state index in [0.29, 0.717) is 32.9 Å². The van der Waals surface area contributed by atoms with Crippen LogP contribution in [0.3, 0.4) is 0 Å². The predicted molar refractivity (Wildman–Crippen MR) is 46.0 cm³/mol. The van der Waals surface area contributed by atoms with Crippen LogP contribution in [0.5, 0.6) is 0 Å². The molecule has 0 saturated carbocycles. The van der Waals surface area contributed by atoms with Gasteiger partial charge in [0.15, 0.2) is 0 Å². The van der Waals surface area contributed by atoms with Gasteiger partial charge in [-0.1, -0.05) is 0 Å². The molecule has 0 aromatic carbocycles. The van der Waals surface area contributed by atoms with Gasteiger partial charge >= 0.3 is 0 Å². The number of nitrogens with zero attached hydrogens (tertiary/aromatic N) is 1. The Morgan fingerprint density at radius 2 is 2.00 bits per heavy atom. The van der Waals surface area contributed by atoms with E-state index < -0.39 is 0 Å². The minimum Gasteiger partial charge on any atom is -0.383 e. The molecule has 0 N–H and O–H groups in total. The van der Waals surface area contributed by atoms with Crippen LogP contribution >= 0.6 is 0 Å². The predicted octanol–water partition coefficient (Wildman–Crippen LogP) is 0.128. The van der Waals surface area contributed by atoms with Crippen molar-refractivity contribution in [1.29, 1.82) is 0 Å².